The van der Waals surface area contributed by atoms with Gasteiger partial charge in [-0.05, 0) is 31.7 Å². The first-order valence-corrected chi connectivity index (χ1v) is 5.31. The molecule has 0 radical (unpaired) electrons. The largest absolute Gasteiger partial charge is 0.479 e. The Balaban J connectivity index is 2.53. The summed E-state index contributed by atoms with van der Waals surface area (Å²) in [5, 5.41) is 11.7. The maximum Gasteiger partial charge on any atom is 0.329 e. The summed E-state index contributed by atoms with van der Waals surface area (Å²) in [6.07, 6.45) is 2.43. The van der Waals surface area contributed by atoms with Crippen molar-refractivity contribution in [3.05, 3.63) is 0 Å². The minimum atomic E-state index is -0.998. The second-order valence-corrected chi connectivity index (χ2v) is 4.01. The molecule has 0 bridgehead atoms. The predicted molar refractivity (Wildman–Crippen MR) is 55.2 cm³/mol. The number of carbonyl (C=O) groups is 2. The number of rotatable bonds is 6. The highest BCUT2D eigenvalue weighted by Crippen LogP contribution is 2.46. The number of aliphatic carboxylic acids is 1. The molecule has 2 atom stereocenters. The summed E-state index contributed by atoms with van der Waals surface area (Å²) in [6, 6.07) is 0. The molecule has 15 heavy (non-hydrogen) atoms. The Morgan fingerprint density at radius 1 is 1.60 bits per heavy atom. The van der Waals surface area contributed by atoms with Gasteiger partial charge >= 0.3 is 5.97 Å². The van der Waals surface area contributed by atoms with Gasteiger partial charge in [0.2, 0.25) is 5.91 Å². The fourth-order valence-corrected chi connectivity index (χ4v) is 1.85. The normalized spacial score (nSPS) is 28.5. The van der Waals surface area contributed by atoms with Crippen molar-refractivity contribution >= 4 is 11.9 Å². The van der Waals surface area contributed by atoms with Crippen molar-refractivity contribution in [3.63, 3.8) is 0 Å². The average molecular weight is 214 g/mol. The van der Waals surface area contributed by atoms with Crippen LogP contribution in [0.1, 0.15) is 32.6 Å². The molecule has 5 nitrogen and oxygen atoms in total. The highest BCUT2D eigenvalue weighted by atomic mass is 16.4. The van der Waals surface area contributed by atoms with Crippen LogP contribution < -0.4 is 11.1 Å². The lowest BCUT2D eigenvalue weighted by Gasteiger charge is -2.14. The Kier molecular flexibility index (Phi) is 3.68. The van der Waals surface area contributed by atoms with E-state index in [2.05, 4.69) is 5.32 Å². The molecule has 0 aromatic carbocycles. The summed E-state index contributed by atoms with van der Waals surface area (Å²) >= 11 is 0. The summed E-state index contributed by atoms with van der Waals surface area (Å²) in [7, 11) is 0. The zero-order valence-corrected chi connectivity index (χ0v) is 8.95. The summed E-state index contributed by atoms with van der Waals surface area (Å²) < 4.78 is 0. The molecule has 0 spiro atoms. The van der Waals surface area contributed by atoms with Gasteiger partial charge in [0.25, 0.3) is 0 Å². The van der Waals surface area contributed by atoms with Crippen LogP contribution in [-0.4, -0.2) is 29.1 Å². The third-order valence-electron chi connectivity index (χ3n) is 2.93. The number of hydrogen-bond acceptors (Lipinski definition) is 3. The van der Waals surface area contributed by atoms with Crippen molar-refractivity contribution in [2.75, 3.05) is 6.54 Å². The van der Waals surface area contributed by atoms with Crippen LogP contribution in [0, 0.1) is 5.92 Å². The van der Waals surface area contributed by atoms with Crippen molar-refractivity contribution < 1.29 is 14.7 Å². The molecule has 1 aliphatic carbocycles. The summed E-state index contributed by atoms with van der Waals surface area (Å²) in [4.78, 5) is 22.3. The summed E-state index contributed by atoms with van der Waals surface area (Å²) in [6.45, 7) is 2.27. The molecule has 0 aromatic heterocycles. The van der Waals surface area contributed by atoms with E-state index in [9.17, 15) is 9.59 Å². The molecule has 0 saturated heterocycles. The van der Waals surface area contributed by atoms with E-state index >= 15 is 0 Å². The van der Waals surface area contributed by atoms with E-state index < -0.39 is 11.5 Å². The minimum absolute atomic E-state index is 0.0500. The van der Waals surface area contributed by atoms with Gasteiger partial charge < -0.3 is 16.2 Å². The van der Waals surface area contributed by atoms with E-state index in [-0.39, 0.29) is 11.8 Å². The van der Waals surface area contributed by atoms with Crippen LogP contribution in [0.15, 0.2) is 0 Å². The van der Waals surface area contributed by atoms with E-state index in [4.69, 9.17) is 10.8 Å². The molecule has 1 fully saturated rings. The second kappa shape index (κ2) is 4.61. The number of nitrogens with one attached hydrogen (secondary N) is 1. The van der Waals surface area contributed by atoms with E-state index in [1.807, 2.05) is 0 Å². The fourth-order valence-electron chi connectivity index (χ4n) is 1.85. The van der Waals surface area contributed by atoms with Crippen molar-refractivity contribution in [2.45, 2.75) is 38.1 Å². The van der Waals surface area contributed by atoms with Gasteiger partial charge in [-0.3, -0.25) is 4.79 Å². The Morgan fingerprint density at radius 2 is 2.27 bits per heavy atom. The zero-order chi connectivity index (χ0) is 11.5. The molecule has 1 rings (SSSR count). The van der Waals surface area contributed by atoms with Crippen LogP contribution in [0.25, 0.3) is 0 Å². The van der Waals surface area contributed by atoms with E-state index in [0.717, 1.165) is 12.8 Å². The van der Waals surface area contributed by atoms with Crippen molar-refractivity contribution in [2.24, 2.45) is 11.7 Å². The topological polar surface area (TPSA) is 92.4 Å². The monoisotopic (exact) mass is 214 g/mol. The molecule has 0 heterocycles. The third kappa shape index (κ3) is 2.47. The molecular weight excluding hydrogens is 196 g/mol. The Labute approximate surface area is 89.0 Å². The van der Waals surface area contributed by atoms with Gasteiger partial charge in [-0.2, -0.15) is 0 Å². The molecule has 1 unspecified atom stereocenters. The van der Waals surface area contributed by atoms with Crippen LogP contribution in [0.2, 0.25) is 0 Å². The second-order valence-electron chi connectivity index (χ2n) is 4.01. The van der Waals surface area contributed by atoms with Crippen molar-refractivity contribution in [1.29, 1.82) is 0 Å². The Morgan fingerprint density at radius 3 is 2.73 bits per heavy atom. The highest BCUT2D eigenvalue weighted by Gasteiger charge is 2.60. The summed E-state index contributed by atoms with van der Waals surface area (Å²) in [5.41, 5.74) is 4.36. The maximum absolute atomic E-state index is 11.2. The SMILES string of the molecule is CCC(=O)N[C@]1(C(=O)O)CC1CCCN. The number of carboxylic acids is 1. The number of hydrogen-bond donors (Lipinski definition) is 3. The fraction of sp³-hybridized carbons (Fsp3) is 0.800. The van der Waals surface area contributed by atoms with Gasteiger partial charge in [0.15, 0.2) is 0 Å². The van der Waals surface area contributed by atoms with Gasteiger partial charge in [0, 0.05) is 6.42 Å². The van der Waals surface area contributed by atoms with Gasteiger partial charge in [-0.25, -0.2) is 4.79 Å². The lowest BCUT2D eigenvalue weighted by Crippen LogP contribution is -2.44. The summed E-state index contributed by atoms with van der Waals surface area (Å²) in [5.74, 6) is -1.08. The Hall–Kier alpha value is -1.10. The van der Waals surface area contributed by atoms with Gasteiger partial charge in [0.05, 0.1) is 0 Å². The van der Waals surface area contributed by atoms with Gasteiger partial charge in [-0.1, -0.05) is 6.92 Å². The van der Waals surface area contributed by atoms with E-state index in [0.29, 0.717) is 19.4 Å². The van der Waals surface area contributed by atoms with Gasteiger partial charge in [-0.15, -0.1) is 0 Å². The molecule has 86 valence electrons. The molecule has 1 saturated carbocycles. The average Bonchev–Trinajstić information content (AvgIpc) is 2.90. The lowest BCUT2D eigenvalue weighted by molar-refractivity contribution is -0.143. The van der Waals surface area contributed by atoms with Crippen molar-refractivity contribution in [1.82, 2.24) is 5.32 Å². The van der Waals surface area contributed by atoms with Crippen LogP contribution in [0.4, 0.5) is 0 Å². The first-order chi connectivity index (χ1) is 7.06. The minimum Gasteiger partial charge on any atom is -0.479 e. The van der Waals surface area contributed by atoms with Crippen LogP contribution in [0.3, 0.4) is 0 Å². The zero-order valence-electron chi connectivity index (χ0n) is 8.95. The van der Waals surface area contributed by atoms with E-state index in [1.54, 1.807) is 6.92 Å². The molecule has 5 heteroatoms. The maximum atomic E-state index is 11.2. The first-order valence-electron chi connectivity index (χ1n) is 5.31. The molecular formula is C10H18N2O3. The number of carbonyl (C=O) groups excluding carboxylic acids is 1. The molecule has 0 aromatic rings. The molecule has 0 aliphatic heterocycles. The Bertz CT molecular complexity index is 267. The number of amides is 1. The van der Waals surface area contributed by atoms with Crippen molar-refractivity contribution in [3.8, 4) is 0 Å². The number of nitrogens with two attached hydrogens (primary N) is 1. The molecule has 1 amide bonds. The standard InChI is InChI=1S/C10H18N2O3/c1-2-8(13)12-10(9(14)15)6-7(10)4-3-5-11/h7H,2-6,11H2,1H3,(H,12,13)(H,14,15)/t7?,10-/m1/s1. The molecule has 4 N–H and O–H groups in total. The molecule has 1 aliphatic rings. The third-order valence-corrected chi connectivity index (χ3v) is 2.93. The van der Waals surface area contributed by atoms with E-state index in [1.165, 1.54) is 0 Å². The van der Waals surface area contributed by atoms with Crippen LogP contribution >= 0.6 is 0 Å². The van der Waals surface area contributed by atoms with Gasteiger partial charge in [0.1, 0.15) is 5.54 Å². The number of carboxylic acid groups (broad SMARTS) is 1. The van der Waals surface area contributed by atoms with Crippen LogP contribution in [0.5, 0.6) is 0 Å². The predicted octanol–water partition coefficient (Wildman–Crippen LogP) is 0.0948. The smallest absolute Gasteiger partial charge is 0.329 e. The first kappa shape index (κ1) is 12.0. The van der Waals surface area contributed by atoms with Crippen LogP contribution in [-0.2, 0) is 9.59 Å². The highest BCUT2D eigenvalue weighted by molar-refractivity contribution is 5.90. The quantitative estimate of drug-likeness (QED) is 0.584. The lowest BCUT2D eigenvalue weighted by atomic mass is 10.1.